The maximum atomic E-state index is 13.5. The molecule has 2 aliphatic heterocycles. The summed E-state index contributed by atoms with van der Waals surface area (Å²) in [6, 6.07) is 40.5. The normalized spacial score (nSPS) is 17.7. The van der Waals surface area contributed by atoms with Crippen LogP contribution < -0.4 is 32.7 Å². The molecule has 6 atom stereocenters. The Balaban J connectivity index is 0.000000200. The predicted molar refractivity (Wildman–Crippen MR) is 311 cm³/mol. The van der Waals surface area contributed by atoms with E-state index in [2.05, 4.69) is 41.9 Å². The Kier molecular flexibility index (Phi) is 19.6. The van der Waals surface area contributed by atoms with Gasteiger partial charge in [0.1, 0.15) is 23.1 Å². The van der Waals surface area contributed by atoms with Gasteiger partial charge in [0.2, 0.25) is 23.6 Å². The van der Waals surface area contributed by atoms with Crippen molar-refractivity contribution in [1.82, 2.24) is 61.1 Å². The highest BCUT2D eigenvalue weighted by molar-refractivity contribution is 6.30. The maximum Gasteiger partial charge on any atom is 0.416 e. The van der Waals surface area contributed by atoms with Gasteiger partial charge in [-0.3, -0.25) is 19.2 Å². The second-order valence-electron chi connectivity index (χ2n) is 21.2. The number of likely N-dealkylation sites (tertiary alicyclic amines) is 2. The number of rotatable bonds is 20. The van der Waals surface area contributed by atoms with Crippen molar-refractivity contribution in [2.45, 2.75) is 107 Å². The first-order chi connectivity index (χ1) is 39.9. The quantitative estimate of drug-likeness (QED) is 0.0495. The number of carbonyl (C=O) groups excluding carboxylic acids is 4. The number of aryl methyl sites for hydroxylation is 4. The summed E-state index contributed by atoms with van der Waals surface area (Å²) in [4.78, 5) is 57.1. The van der Waals surface area contributed by atoms with Crippen LogP contribution in [0.4, 0.5) is 13.2 Å². The molecule has 2 fully saturated rings. The zero-order valence-corrected chi connectivity index (χ0v) is 46.9. The lowest BCUT2D eigenvalue weighted by molar-refractivity contribution is -0.139. The van der Waals surface area contributed by atoms with Gasteiger partial charge in [-0.2, -0.15) is 13.2 Å². The Bertz CT molecular complexity index is 3490. The Morgan fingerprint density at radius 3 is 1.43 bits per heavy atom. The highest BCUT2D eigenvalue weighted by atomic mass is 35.5. The molecule has 0 saturated carbocycles. The van der Waals surface area contributed by atoms with Gasteiger partial charge in [-0.05, 0) is 114 Å². The first kappa shape index (κ1) is 59.5. The van der Waals surface area contributed by atoms with Gasteiger partial charge < -0.3 is 42.5 Å². The van der Waals surface area contributed by atoms with Crippen LogP contribution in [0.5, 0.6) is 0 Å². The van der Waals surface area contributed by atoms with Gasteiger partial charge in [-0.25, -0.2) is 9.36 Å². The van der Waals surface area contributed by atoms with Gasteiger partial charge >= 0.3 is 6.18 Å². The molecular formula is C61H68ClF3N14O4. The van der Waals surface area contributed by atoms with E-state index in [-0.39, 0.29) is 55.3 Å². The van der Waals surface area contributed by atoms with Crippen LogP contribution in [-0.4, -0.2) is 113 Å². The smallest absolute Gasteiger partial charge is 0.350 e. The van der Waals surface area contributed by atoms with Crippen molar-refractivity contribution in [3.8, 4) is 0 Å². The van der Waals surface area contributed by atoms with Crippen LogP contribution in [0.3, 0.4) is 0 Å². The summed E-state index contributed by atoms with van der Waals surface area (Å²) in [7, 11) is 3.63. The lowest BCUT2D eigenvalue weighted by Gasteiger charge is -2.26. The lowest BCUT2D eigenvalue weighted by Crippen LogP contribution is -2.51. The number of alkyl halides is 3. The van der Waals surface area contributed by atoms with E-state index in [4.69, 9.17) is 23.1 Å². The van der Waals surface area contributed by atoms with Crippen molar-refractivity contribution in [2.24, 2.45) is 25.6 Å². The first-order valence-electron chi connectivity index (χ1n) is 27.6. The first-order valence-corrected chi connectivity index (χ1v) is 28.0. The third-order valence-electron chi connectivity index (χ3n) is 15.2. The maximum absolute atomic E-state index is 13.5. The summed E-state index contributed by atoms with van der Waals surface area (Å²) < 4.78 is 42.9. The van der Waals surface area contributed by atoms with Crippen LogP contribution in [0, 0.1) is 0 Å². The summed E-state index contributed by atoms with van der Waals surface area (Å²) in [5, 5.41) is 29.7. The van der Waals surface area contributed by atoms with Crippen LogP contribution in [0.15, 0.2) is 146 Å². The summed E-state index contributed by atoms with van der Waals surface area (Å²) in [5.74, 6) is -1.06. The van der Waals surface area contributed by atoms with Gasteiger partial charge in [0.15, 0.2) is 0 Å². The molecule has 6 unspecified atom stereocenters. The van der Waals surface area contributed by atoms with E-state index in [1.54, 1.807) is 27.4 Å². The van der Waals surface area contributed by atoms with Crippen LogP contribution in [0.25, 0.3) is 22.1 Å². The van der Waals surface area contributed by atoms with E-state index in [0.717, 1.165) is 56.5 Å². The monoisotopic (exact) mass is 1150 g/mol. The lowest BCUT2D eigenvalue weighted by atomic mass is 10.0. The fourth-order valence-corrected chi connectivity index (χ4v) is 10.7. The van der Waals surface area contributed by atoms with Gasteiger partial charge in [-0.1, -0.05) is 125 Å². The molecule has 8 aromatic rings. The summed E-state index contributed by atoms with van der Waals surface area (Å²) >= 11 is 6.02. The van der Waals surface area contributed by atoms with Gasteiger partial charge in [0.05, 0.1) is 28.7 Å². The standard InChI is InChI=1S/C31H34F3N7O2.C30H34ClN7O2/c1-40-27-13-11-22(15-26(27)38-39-40)18-37-29(42)28-16-24(36-17-21-8-5-9-23(14-21)31(32,33)34)19-41(28)30(43)25(35)12-10-20-6-3-2-4-7-20;1-37-27-14-10-22(15-26(27)35-36-37)18-34-29(39)28-16-24(33-17-21-7-11-23(31)12-8-21)19-38(28)30(40)25(32)13-9-20-5-3-2-4-6-20/h2-9,11,13-15,24-25,28,36H,10,12,16-19,35H2,1H3,(H,37,42);2-8,10-12,14-15,24-25,28,33H,9,13,16-19,32H2,1H3,(H,34,39). The number of nitrogens with one attached hydrogen (secondary N) is 4. The second kappa shape index (κ2) is 27.3. The number of nitrogens with zero attached hydrogens (tertiary/aromatic N) is 8. The van der Waals surface area contributed by atoms with Crippen LogP contribution >= 0.6 is 11.6 Å². The van der Waals surface area contributed by atoms with E-state index in [9.17, 15) is 32.3 Å². The fraction of sp³-hybridized carbons (Fsp3) is 0.344. The average Bonchev–Trinajstić information content (AvgIpc) is 4.45. The number of aromatic nitrogens is 6. The van der Waals surface area contributed by atoms with Crippen molar-refractivity contribution in [3.63, 3.8) is 0 Å². The van der Waals surface area contributed by atoms with Gasteiger partial charge in [0.25, 0.3) is 0 Å². The topological polar surface area (TPSA) is 236 Å². The number of hydrogen-bond donors (Lipinski definition) is 6. The predicted octanol–water partition coefficient (Wildman–Crippen LogP) is 6.28. The van der Waals surface area contributed by atoms with Crippen molar-refractivity contribution >= 4 is 57.3 Å². The molecule has 22 heteroatoms. The Morgan fingerprint density at radius 1 is 0.554 bits per heavy atom. The number of benzene rings is 6. The third-order valence-corrected chi connectivity index (χ3v) is 15.5. The van der Waals surface area contributed by atoms with E-state index >= 15 is 0 Å². The van der Waals surface area contributed by atoms with Crippen LogP contribution in [0.2, 0.25) is 5.02 Å². The second-order valence-corrected chi connectivity index (χ2v) is 21.7. The van der Waals surface area contributed by atoms with E-state index < -0.39 is 35.9 Å². The Hall–Kier alpha value is -8.08. The minimum Gasteiger partial charge on any atom is -0.350 e. The van der Waals surface area contributed by atoms with E-state index in [0.29, 0.717) is 74.3 Å². The van der Waals surface area contributed by atoms with Crippen molar-refractivity contribution in [2.75, 3.05) is 13.1 Å². The third kappa shape index (κ3) is 15.7. The number of carbonyl (C=O) groups is 4. The minimum absolute atomic E-state index is 0.0485. The molecule has 2 aromatic heterocycles. The Morgan fingerprint density at radius 2 is 0.976 bits per heavy atom. The average molecular weight is 1150 g/mol. The molecule has 0 aliphatic carbocycles. The van der Waals surface area contributed by atoms with Crippen molar-refractivity contribution < 1.29 is 32.3 Å². The van der Waals surface area contributed by atoms with Gasteiger partial charge in [-0.15, -0.1) is 10.2 Å². The van der Waals surface area contributed by atoms with Crippen molar-refractivity contribution in [1.29, 1.82) is 0 Å². The van der Waals surface area contributed by atoms with E-state index in [1.165, 1.54) is 11.0 Å². The number of amides is 4. The number of fused-ring (bicyclic) bond motifs is 2. The molecule has 4 heterocycles. The van der Waals surface area contributed by atoms with E-state index in [1.807, 2.05) is 128 Å². The molecule has 8 N–H and O–H groups in total. The fourth-order valence-electron chi connectivity index (χ4n) is 10.5. The van der Waals surface area contributed by atoms with Gasteiger partial charge in [0, 0.05) is 70.5 Å². The molecule has 434 valence electrons. The highest BCUT2D eigenvalue weighted by Gasteiger charge is 2.42. The Labute approximate surface area is 484 Å². The molecule has 0 bridgehead atoms. The molecule has 2 aliphatic rings. The molecule has 83 heavy (non-hydrogen) atoms. The van der Waals surface area contributed by atoms with Crippen LogP contribution in [-0.2, 0) is 78.5 Å². The molecule has 2 saturated heterocycles. The zero-order chi connectivity index (χ0) is 58.6. The zero-order valence-electron chi connectivity index (χ0n) is 46.2. The summed E-state index contributed by atoms with van der Waals surface area (Å²) in [6.45, 7) is 1.94. The SMILES string of the molecule is Cn1nnc2cc(CNC(=O)C3CC(NCc4ccc(Cl)cc4)CN3C(=O)C(N)CCc3ccccc3)ccc21.Cn1nnc2cc(CNC(=O)C3CC(NCc4cccc(C(F)(F)F)c4)CN3C(=O)C(N)CCc3ccccc3)ccc21. The highest BCUT2D eigenvalue weighted by Crippen LogP contribution is 2.30. The number of nitrogens with two attached hydrogens (primary N) is 2. The summed E-state index contributed by atoms with van der Waals surface area (Å²) in [6.07, 6.45) is -1.42. The number of hydrogen-bond acceptors (Lipinski definition) is 12. The number of halogens is 4. The molecule has 0 spiro atoms. The molecule has 18 nitrogen and oxygen atoms in total. The van der Waals surface area contributed by atoms with Crippen LogP contribution in [0.1, 0.15) is 64.6 Å². The largest absolute Gasteiger partial charge is 0.416 e. The molecule has 0 radical (unpaired) electrons. The molecule has 10 rings (SSSR count). The molecule has 4 amide bonds. The minimum atomic E-state index is -4.44. The summed E-state index contributed by atoms with van der Waals surface area (Å²) in [5.41, 5.74) is 20.7. The van der Waals surface area contributed by atoms with Crippen molar-refractivity contribution in [3.05, 3.63) is 190 Å². The molecular weight excluding hydrogens is 1090 g/mol. The molecule has 6 aromatic carbocycles.